The third kappa shape index (κ3) is 3.71. The fourth-order valence-corrected chi connectivity index (χ4v) is 1.77. The van der Waals surface area contributed by atoms with E-state index in [1.165, 1.54) is 13.2 Å². The van der Waals surface area contributed by atoms with E-state index in [1.807, 2.05) is 6.92 Å². The first-order chi connectivity index (χ1) is 8.08. The first-order valence-electron chi connectivity index (χ1n) is 5.65. The monoisotopic (exact) mass is 238 g/mol. The van der Waals surface area contributed by atoms with Gasteiger partial charge in [0.15, 0.2) is 0 Å². The van der Waals surface area contributed by atoms with Crippen LogP contribution in [0.4, 0.5) is 5.69 Å². The largest absolute Gasteiger partial charge is 0.497 e. The minimum Gasteiger partial charge on any atom is -0.497 e. The summed E-state index contributed by atoms with van der Waals surface area (Å²) in [4.78, 5) is 10.5. The molecule has 0 heterocycles. The fourth-order valence-electron chi connectivity index (χ4n) is 1.77. The van der Waals surface area contributed by atoms with Crippen molar-refractivity contribution in [2.45, 2.75) is 32.2 Å². The Bertz CT molecular complexity index is 393. The number of nitrogens with zero attached hydrogens (tertiary/aromatic N) is 1. The molecule has 1 unspecified atom stereocenters. The highest BCUT2D eigenvalue weighted by Gasteiger charge is 2.16. The van der Waals surface area contributed by atoms with Crippen molar-refractivity contribution in [3.63, 3.8) is 0 Å². The van der Waals surface area contributed by atoms with Gasteiger partial charge in [0.25, 0.3) is 5.69 Å². The third-order valence-corrected chi connectivity index (χ3v) is 2.63. The molecule has 0 aliphatic heterocycles. The van der Waals surface area contributed by atoms with Crippen LogP contribution in [0.5, 0.6) is 5.75 Å². The van der Waals surface area contributed by atoms with Gasteiger partial charge in [-0.1, -0.05) is 13.3 Å². The molecular formula is C12H18N2O3. The smallest absolute Gasteiger partial charge is 0.276 e. The normalized spacial score (nSPS) is 12.2. The minimum absolute atomic E-state index is 0.0351. The zero-order valence-corrected chi connectivity index (χ0v) is 10.2. The van der Waals surface area contributed by atoms with Gasteiger partial charge in [-0.25, -0.2) is 0 Å². The summed E-state index contributed by atoms with van der Waals surface area (Å²) in [5, 5.41) is 10.9. The number of methoxy groups -OCH3 is 1. The van der Waals surface area contributed by atoms with Gasteiger partial charge in [-0.05, 0) is 25.0 Å². The Morgan fingerprint density at radius 1 is 1.53 bits per heavy atom. The van der Waals surface area contributed by atoms with Crippen LogP contribution in [0.2, 0.25) is 0 Å². The number of benzene rings is 1. The quantitative estimate of drug-likeness (QED) is 0.609. The molecule has 17 heavy (non-hydrogen) atoms. The Kier molecular flexibility index (Phi) is 4.90. The van der Waals surface area contributed by atoms with Gasteiger partial charge in [0, 0.05) is 11.6 Å². The molecule has 0 radical (unpaired) electrons. The molecule has 0 amide bonds. The summed E-state index contributed by atoms with van der Waals surface area (Å²) in [5.74, 6) is 0.490. The summed E-state index contributed by atoms with van der Waals surface area (Å²) in [6.07, 6.45) is 2.36. The van der Waals surface area contributed by atoms with Crippen LogP contribution in [0.25, 0.3) is 0 Å². The van der Waals surface area contributed by atoms with E-state index in [1.54, 1.807) is 12.1 Å². The van der Waals surface area contributed by atoms with Crippen LogP contribution in [-0.2, 0) is 6.42 Å². The van der Waals surface area contributed by atoms with Crippen molar-refractivity contribution in [2.75, 3.05) is 7.11 Å². The molecule has 0 bridgehead atoms. The molecule has 2 N–H and O–H groups in total. The highest BCUT2D eigenvalue weighted by atomic mass is 16.6. The van der Waals surface area contributed by atoms with E-state index >= 15 is 0 Å². The third-order valence-electron chi connectivity index (χ3n) is 2.63. The van der Waals surface area contributed by atoms with Gasteiger partial charge < -0.3 is 10.5 Å². The van der Waals surface area contributed by atoms with Crippen LogP contribution >= 0.6 is 0 Å². The molecule has 1 atom stereocenters. The van der Waals surface area contributed by atoms with E-state index in [0.717, 1.165) is 12.8 Å². The molecule has 0 aliphatic carbocycles. The predicted octanol–water partition coefficient (Wildman–Crippen LogP) is 2.27. The van der Waals surface area contributed by atoms with Gasteiger partial charge in [-0.15, -0.1) is 0 Å². The van der Waals surface area contributed by atoms with Crippen molar-refractivity contribution in [3.05, 3.63) is 33.9 Å². The summed E-state index contributed by atoms with van der Waals surface area (Å²) < 4.78 is 4.98. The molecular weight excluding hydrogens is 220 g/mol. The van der Waals surface area contributed by atoms with Gasteiger partial charge in [0.05, 0.1) is 18.1 Å². The molecule has 1 rings (SSSR count). The SMILES string of the molecule is CCCC(N)Cc1ccc(OC)cc1[N+](=O)[O-]. The molecule has 0 aromatic heterocycles. The van der Waals surface area contributed by atoms with Gasteiger partial charge in [0.2, 0.25) is 0 Å². The number of nitro benzene ring substituents is 1. The minimum atomic E-state index is -0.392. The van der Waals surface area contributed by atoms with Gasteiger partial charge in [0.1, 0.15) is 5.75 Å². The Labute approximate surface area is 101 Å². The molecule has 1 aromatic rings. The molecule has 0 saturated heterocycles. The summed E-state index contributed by atoms with van der Waals surface area (Å²) in [7, 11) is 1.49. The van der Waals surface area contributed by atoms with Crippen molar-refractivity contribution in [1.29, 1.82) is 0 Å². The van der Waals surface area contributed by atoms with Gasteiger partial charge in [-0.3, -0.25) is 10.1 Å². The van der Waals surface area contributed by atoms with Crippen LogP contribution in [0.15, 0.2) is 18.2 Å². The van der Waals surface area contributed by atoms with Crippen LogP contribution in [0.3, 0.4) is 0 Å². The molecule has 0 fully saturated rings. The fraction of sp³-hybridized carbons (Fsp3) is 0.500. The topological polar surface area (TPSA) is 78.4 Å². The number of hydrogen-bond donors (Lipinski definition) is 1. The zero-order valence-electron chi connectivity index (χ0n) is 10.2. The molecule has 5 heteroatoms. The Morgan fingerprint density at radius 3 is 2.76 bits per heavy atom. The highest BCUT2D eigenvalue weighted by molar-refractivity contribution is 5.46. The summed E-state index contributed by atoms with van der Waals surface area (Å²) in [6, 6.07) is 4.84. The highest BCUT2D eigenvalue weighted by Crippen LogP contribution is 2.25. The van der Waals surface area contributed by atoms with E-state index in [2.05, 4.69) is 0 Å². The zero-order chi connectivity index (χ0) is 12.8. The Hall–Kier alpha value is -1.62. The van der Waals surface area contributed by atoms with E-state index in [0.29, 0.717) is 17.7 Å². The molecule has 5 nitrogen and oxygen atoms in total. The molecule has 0 spiro atoms. The van der Waals surface area contributed by atoms with Crippen LogP contribution < -0.4 is 10.5 Å². The molecule has 0 aliphatic rings. The lowest BCUT2D eigenvalue weighted by Crippen LogP contribution is -2.22. The Balaban J connectivity index is 2.94. The van der Waals surface area contributed by atoms with Gasteiger partial charge in [-0.2, -0.15) is 0 Å². The molecule has 1 aromatic carbocycles. The van der Waals surface area contributed by atoms with Crippen molar-refractivity contribution in [1.82, 2.24) is 0 Å². The lowest BCUT2D eigenvalue weighted by molar-refractivity contribution is -0.385. The van der Waals surface area contributed by atoms with Gasteiger partial charge >= 0.3 is 0 Å². The van der Waals surface area contributed by atoms with E-state index in [9.17, 15) is 10.1 Å². The Morgan fingerprint density at radius 2 is 2.24 bits per heavy atom. The predicted molar refractivity (Wildman–Crippen MR) is 66.2 cm³/mol. The lowest BCUT2D eigenvalue weighted by Gasteiger charge is -2.11. The standard InChI is InChI=1S/C12H18N2O3/c1-3-4-10(13)7-9-5-6-11(17-2)8-12(9)14(15)16/h5-6,8,10H,3-4,7,13H2,1-2H3. The second-order valence-corrected chi connectivity index (χ2v) is 4.00. The summed E-state index contributed by atoms with van der Waals surface area (Å²) >= 11 is 0. The average molecular weight is 238 g/mol. The number of rotatable bonds is 6. The molecule has 94 valence electrons. The van der Waals surface area contributed by atoms with Crippen molar-refractivity contribution in [2.24, 2.45) is 5.73 Å². The second-order valence-electron chi connectivity index (χ2n) is 4.00. The summed E-state index contributed by atoms with van der Waals surface area (Å²) in [5.41, 5.74) is 6.65. The van der Waals surface area contributed by atoms with Crippen molar-refractivity contribution < 1.29 is 9.66 Å². The maximum atomic E-state index is 10.9. The van der Waals surface area contributed by atoms with Crippen molar-refractivity contribution in [3.8, 4) is 5.75 Å². The van der Waals surface area contributed by atoms with Crippen LogP contribution in [0.1, 0.15) is 25.3 Å². The first kappa shape index (κ1) is 13.4. The summed E-state index contributed by atoms with van der Waals surface area (Å²) in [6.45, 7) is 2.04. The number of nitrogens with two attached hydrogens (primary N) is 1. The lowest BCUT2D eigenvalue weighted by atomic mass is 10.0. The van der Waals surface area contributed by atoms with Crippen LogP contribution in [-0.4, -0.2) is 18.1 Å². The van der Waals surface area contributed by atoms with E-state index < -0.39 is 4.92 Å². The maximum Gasteiger partial charge on any atom is 0.276 e. The van der Waals surface area contributed by atoms with Crippen LogP contribution in [0, 0.1) is 10.1 Å². The maximum absolute atomic E-state index is 10.9. The number of nitro groups is 1. The molecule has 0 saturated carbocycles. The van der Waals surface area contributed by atoms with E-state index in [-0.39, 0.29) is 11.7 Å². The van der Waals surface area contributed by atoms with Crippen molar-refractivity contribution >= 4 is 5.69 Å². The first-order valence-corrected chi connectivity index (χ1v) is 5.65. The van der Waals surface area contributed by atoms with E-state index in [4.69, 9.17) is 10.5 Å². The average Bonchev–Trinajstić information content (AvgIpc) is 2.29. The second kappa shape index (κ2) is 6.20. The number of ether oxygens (including phenoxy) is 1. The number of hydrogen-bond acceptors (Lipinski definition) is 4.